The summed E-state index contributed by atoms with van der Waals surface area (Å²) in [5.74, 6) is -0.787. The molecule has 0 spiro atoms. The van der Waals surface area contributed by atoms with Gasteiger partial charge in [0, 0.05) is 26.8 Å². The number of amides is 1. The van der Waals surface area contributed by atoms with E-state index >= 15 is 0 Å². The van der Waals surface area contributed by atoms with E-state index in [-0.39, 0.29) is 18.6 Å². The van der Waals surface area contributed by atoms with E-state index in [9.17, 15) is 9.59 Å². The number of thiazole rings is 1. The largest absolute Gasteiger partial charge is 0.452 e. The van der Waals surface area contributed by atoms with E-state index in [1.165, 1.54) is 0 Å². The minimum Gasteiger partial charge on any atom is -0.452 e. The van der Waals surface area contributed by atoms with Crippen molar-refractivity contribution in [1.29, 1.82) is 0 Å². The van der Waals surface area contributed by atoms with E-state index in [0.29, 0.717) is 5.56 Å². The third kappa shape index (κ3) is 4.31. The normalized spacial score (nSPS) is 11.9. The molecule has 3 rings (SSSR count). The van der Waals surface area contributed by atoms with Crippen molar-refractivity contribution >= 4 is 39.1 Å². The molecule has 28 heavy (non-hydrogen) atoms. The molecular weight excluding hydrogens is 374 g/mol. The summed E-state index contributed by atoms with van der Waals surface area (Å²) >= 11 is 1.56. The Morgan fingerprint density at radius 2 is 1.75 bits per heavy atom. The molecular formula is C21H23N3O3S. The molecule has 0 aliphatic carbocycles. The van der Waals surface area contributed by atoms with Gasteiger partial charge in [0.2, 0.25) is 0 Å². The van der Waals surface area contributed by atoms with Gasteiger partial charge >= 0.3 is 5.97 Å². The van der Waals surface area contributed by atoms with Crippen molar-refractivity contribution in [3.63, 3.8) is 0 Å². The number of likely N-dealkylation sites (N-methyl/N-ethyl adjacent to an activating group) is 1. The zero-order valence-corrected chi connectivity index (χ0v) is 17.2. The third-order valence-electron chi connectivity index (χ3n) is 4.59. The van der Waals surface area contributed by atoms with Crippen LogP contribution in [0.4, 0.5) is 5.69 Å². The Balaban J connectivity index is 1.59. The highest BCUT2D eigenvalue weighted by Gasteiger charge is 2.22. The molecule has 0 radical (unpaired) electrons. The summed E-state index contributed by atoms with van der Waals surface area (Å²) < 4.78 is 6.28. The molecule has 3 aromatic rings. The number of aromatic nitrogens is 1. The van der Waals surface area contributed by atoms with Crippen molar-refractivity contribution in [1.82, 2.24) is 9.88 Å². The molecule has 1 aromatic heterocycles. The zero-order chi connectivity index (χ0) is 20.3. The van der Waals surface area contributed by atoms with E-state index in [0.717, 1.165) is 20.9 Å². The van der Waals surface area contributed by atoms with Crippen LogP contribution >= 0.6 is 11.3 Å². The van der Waals surface area contributed by atoms with Crippen LogP contribution in [0.15, 0.2) is 48.5 Å². The number of hydrogen-bond donors (Lipinski definition) is 0. The molecule has 1 atom stereocenters. The minimum atomic E-state index is -0.514. The Labute approximate surface area is 168 Å². The summed E-state index contributed by atoms with van der Waals surface area (Å²) in [6.07, 6.45) is 0. The molecule has 0 unspecified atom stereocenters. The number of esters is 1. The van der Waals surface area contributed by atoms with Crippen LogP contribution in [-0.4, -0.2) is 49.5 Å². The Morgan fingerprint density at radius 3 is 2.39 bits per heavy atom. The SMILES string of the molecule is C[C@H](c1nc2ccccc2s1)N(C)C(=O)COC(=O)c1ccc(N(C)C)cc1. The number of ether oxygens (including phenoxy) is 1. The lowest BCUT2D eigenvalue weighted by Gasteiger charge is -2.23. The molecule has 0 saturated heterocycles. The van der Waals surface area contributed by atoms with Gasteiger partial charge in [0.15, 0.2) is 6.61 Å². The Morgan fingerprint density at radius 1 is 1.07 bits per heavy atom. The topological polar surface area (TPSA) is 62.7 Å². The number of rotatable bonds is 6. The highest BCUT2D eigenvalue weighted by molar-refractivity contribution is 7.18. The Kier molecular flexibility index (Phi) is 5.94. The number of hydrogen-bond acceptors (Lipinski definition) is 6. The molecule has 0 aliphatic heterocycles. The van der Waals surface area contributed by atoms with Crippen molar-refractivity contribution in [3.8, 4) is 0 Å². The molecule has 0 bridgehead atoms. The summed E-state index contributed by atoms with van der Waals surface area (Å²) in [7, 11) is 5.54. The highest BCUT2D eigenvalue weighted by atomic mass is 32.1. The summed E-state index contributed by atoms with van der Waals surface area (Å²) in [6, 6.07) is 14.7. The van der Waals surface area contributed by atoms with Crippen molar-refractivity contribution in [2.45, 2.75) is 13.0 Å². The second-order valence-corrected chi connectivity index (χ2v) is 7.78. The van der Waals surface area contributed by atoms with E-state index in [1.807, 2.05) is 62.3 Å². The second kappa shape index (κ2) is 8.39. The van der Waals surface area contributed by atoms with Crippen molar-refractivity contribution in [2.75, 3.05) is 32.6 Å². The fourth-order valence-electron chi connectivity index (χ4n) is 2.66. The lowest BCUT2D eigenvalue weighted by molar-refractivity contribution is -0.135. The van der Waals surface area contributed by atoms with E-state index < -0.39 is 5.97 Å². The molecule has 0 fully saturated rings. The summed E-state index contributed by atoms with van der Waals surface area (Å²) in [5.41, 5.74) is 2.32. The van der Waals surface area contributed by atoms with E-state index in [1.54, 1.807) is 35.4 Å². The van der Waals surface area contributed by atoms with Gasteiger partial charge in [0.05, 0.1) is 21.8 Å². The van der Waals surface area contributed by atoms with E-state index in [2.05, 4.69) is 4.98 Å². The Bertz CT molecular complexity index is 949. The molecule has 0 aliphatic rings. The average Bonchev–Trinajstić information content (AvgIpc) is 3.14. The monoisotopic (exact) mass is 397 g/mol. The first-order valence-corrected chi connectivity index (χ1v) is 9.74. The van der Waals surface area contributed by atoms with Gasteiger partial charge in [-0.05, 0) is 43.3 Å². The van der Waals surface area contributed by atoms with Crippen LogP contribution in [0, 0.1) is 0 Å². The first-order chi connectivity index (χ1) is 13.4. The molecule has 1 heterocycles. The molecule has 6 nitrogen and oxygen atoms in total. The molecule has 0 N–H and O–H groups in total. The van der Waals surface area contributed by atoms with Crippen LogP contribution in [0.25, 0.3) is 10.2 Å². The van der Waals surface area contributed by atoms with Gasteiger partial charge in [-0.2, -0.15) is 0 Å². The first-order valence-electron chi connectivity index (χ1n) is 8.92. The standard InChI is InChI=1S/C21H23N3O3S/c1-14(20-22-17-7-5-6-8-18(17)28-20)24(4)19(25)13-27-21(26)15-9-11-16(12-10-15)23(2)3/h5-12,14H,13H2,1-4H3/t14-/m1/s1. The predicted octanol–water partition coefficient (Wildman–Crippen LogP) is 3.74. The van der Waals surface area contributed by atoms with Crippen molar-refractivity contribution < 1.29 is 14.3 Å². The van der Waals surface area contributed by atoms with Crippen molar-refractivity contribution in [3.05, 3.63) is 59.1 Å². The van der Waals surface area contributed by atoms with Gasteiger partial charge in [-0.15, -0.1) is 11.3 Å². The molecule has 1 amide bonds. The van der Waals surface area contributed by atoms with Crippen LogP contribution in [0.2, 0.25) is 0 Å². The zero-order valence-electron chi connectivity index (χ0n) is 16.4. The number of anilines is 1. The third-order valence-corrected chi connectivity index (χ3v) is 5.79. The second-order valence-electron chi connectivity index (χ2n) is 6.72. The van der Waals surface area contributed by atoms with Crippen LogP contribution < -0.4 is 4.90 Å². The molecule has 0 saturated carbocycles. The lowest BCUT2D eigenvalue weighted by atomic mass is 10.2. The quantitative estimate of drug-likeness (QED) is 0.593. The Hall–Kier alpha value is -2.93. The van der Waals surface area contributed by atoms with Crippen LogP contribution in [0.5, 0.6) is 0 Å². The minimum absolute atomic E-state index is 0.206. The fraction of sp³-hybridized carbons (Fsp3) is 0.286. The summed E-state index contributed by atoms with van der Waals surface area (Å²) in [6.45, 7) is 1.61. The number of nitrogens with zero attached hydrogens (tertiary/aromatic N) is 3. The maximum atomic E-state index is 12.5. The van der Waals surface area contributed by atoms with Gasteiger partial charge in [-0.25, -0.2) is 9.78 Å². The fourth-order valence-corrected chi connectivity index (χ4v) is 3.72. The summed E-state index contributed by atoms with van der Waals surface area (Å²) in [5, 5.41) is 0.850. The maximum absolute atomic E-state index is 12.5. The van der Waals surface area contributed by atoms with Gasteiger partial charge in [-0.1, -0.05) is 12.1 Å². The van der Waals surface area contributed by atoms with Crippen LogP contribution in [0.3, 0.4) is 0 Å². The van der Waals surface area contributed by atoms with E-state index in [4.69, 9.17) is 4.74 Å². The number of carbonyl (C=O) groups is 2. The van der Waals surface area contributed by atoms with Gasteiger partial charge in [0.1, 0.15) is 5.01 Å². The molecule has 2 aromatic carbocycles. The van der Waals surface area contributed by atoms with Crippen molar-refractivity contribution in [2.24, 2.45) is 0 Å². The molecule has 7 heteroatoms. The summed E-state index contributed by atoms with van der Waals surface area (Å²) in [4.78, 5) is 32.8. The molecule has 146 valence electrons. The number of fused-ring (bicyclic) bond motifs is 1. The highest BCUT2D eigenvalue weighted by Crippen LogP contribution is 2.28. The number of carbonyl (C=O) groups excluding carboxylic acids is 2. The van der Waals surface area contributed by atoms with Crippen LogP contribution in [0.1, 0.15) is 28.3 Å². The predicted molar refractivity (Wildman–Crippen MR) is 112 cm³/mol. The lowest BCUT2D eigenvalue weighted by Crippen LogP contribution is -2.33. The average molecular weight is 398 g/mol. The maximum Gasteiger partial charge on any atom is 0.338 e. The van der Waals surface area contributed by atoms with Gasteiger partial charge in [0.25, 0.3) is 5.91 Å². The van der Waals surface area contributed by atoms with Gasteiger partial charge in [-0.3, -0.25) is 4.79 Å². The first kappa shape index (κ1) is 19.8. The number of para-hydroxylation sites is 1. The smallest absolute Gasteiger partial charge is 0.338 e. The number of benzene rings is 2. The van der Waals surface area contributed by atoms with Gasteiger partial charge < -0.3 is 14.5 Å². The van der Waals surface area contributed by atoms with Crippen LogP contribution in [-0.2, 0) is 9.53 Å².